The van der Waals surface area contributed by atoms with Crippen LogP contribution in [-0.2, 0) is 15.8 Å². The Bertz CT molecular complexity index is 587. The van der Waals surface area contributed by atoms with Gasteiger partial charge in [0, 0.05) is 12.6 Å². The zero-order valence-electron chi connectivity index (χ0n) is 11.7. The first kappa shape index (κ1) is 15.0. The van der Waals surface area contributed by atoms with Gasteiger partial charge in [-0.1, -0.05) is 25.5 Å². The van der Waals surface area contributed by atoms with Crippen LogP contribution in [0.15, 0.2) is 24.3 Å². The fraction of sp³-hybridized carbons (Fsp3) is 0.533. The van der Waals surface area contributed by atoms with E-state index in [0.29, 0.717) is 12.1 Å². The lowest BCUT2D eigenvalue weighted by Crippen LogP contribution is -2.43. The zero-order chi connectivity index (χ0) is 14.6. The summed E-state index contributed by atoms with van der Waals surface area (Å²) in [7, 11) is -3.27. The SMILES string of the molecule is CCC1CCCCN1S(=O)(=O)Cc1ccc(C#N)cc1. The molecule has 1 aliphatic rings. The van der Waals surface area contributed by atoms with Gasteiger partial charge in [0.1, 0.15) is 0 Å². The summed E-state index contributed by atoms with van der Waals surface area (Å²) in [6.07, 6.45) is 3.89. The maximum Gasteiger partial charge on any atom is 0.218 e. The van der Waals surface area contributed by atoms with E-state index in [1.54, 1.807) is 28.6 Å². The largest absolute Gasteiger partial charge is 0.218 e. The van der Waals surface area contributed by atoms with Gasteiger partial charge in [-0.3, -0.25) is 0 Å². The van der Waals surface area contributed by atoms with Crippen molar-refractivity contribution in [2.45, 2.75) is 44.4 Å². The van der Waals surface area contributed by atoms with Crippen molar-refractivity contribution in [1.82, 2.24) is 4.31 Å². The van der Waals surface area contributed by atoms with E-state index in [-0.39, 0.29) is 11.8 Å². The highest BCUT2D eigenvalue weighted by molar-refractivity contribution is 7.88. The molecule has 0 aromatic heterocycles. The number of benzene rings is 1. The molecule has 1 saturated heterocycles. The second-order valence-corrected chi connectivity index (χ2v) is 7.16. The van der Waals surface area contributed by atoms with E-state index in [4.69, 9.17) is 5.26 Å². The Morgan fingerprint density at radius 2 is 2.00 bits per heavy atom. The number of piperidine rings is 1. The predicted octanol–water partition coefficient (Wildman–Crippen LogP) is 2.65. The number of nitrogens with zero attached hydrogens (tertiary/aromatic N) is 2. The van der Waals surface area contributed by atoms with Crippen LogP contribution in [0.5, 0.6) is 0 Å². The van der Waals surface area contributed by atoms with E-state index in [1.165, 1.54) is 0 Å². The van der Waals surface area contributed by atoms with Gasteiger partial charge in [-0.25, -0.2) is 8.42 Å². The van der Waals surface area contributed by atoms with Crippen LogP contribution in [0.3, 0.4) is 0 Å². The molecule has 1 heterocycles. The Hall–Kier alpha value is -1.38. The average Bonchev–Trinajstić information content (AvgIpc) is 2.47. The Labute approximate surface area is 121 Å². The van der Waals surface area contributed by atoms with Crippen LogP contribution in [0.25, 0.3) is 0 Å². The number of hydrogen-bond acceptors (Lipinski definition) is 3. The normalized spacial score (nSPS) is 20.5. The van der Waals surface area contributed by atoms with Crippen LogP contribution in [0.4, 0.5) is 0 Å². The molecule has 0 amide bonds. The van der Waals surface area contributed by atoms with E-state index >= 15 is 0 Å². The van der Waals surface area contributed by atoms with Gasteiger partial charge in [-0.05, 0) is 37.0 Å². The highest BCUT2D eigenvalue weighted by Gasteiger charge is 2.31. The predicted molar refractivity (Wildman–Crippen MR) is 78.4 cm³/mol. The smallest absolute Gasteiger partial charge is 0.212 e. The standard InChI is InChI=1S/C15H20N2O2S/c1-2-15-5-3-4-10-17(15)20(18,19)12-14-8-6-13(11-16)7-9-14/h6-9,15H,2-5,10,12H2,1H3. The van der Waals surface area contributed by atoms with Gasteiger partial charge < -0.3 is 0 Å². The van der Waals surface area contributed by atoms with Crippen molar-refractivity contribution in [2.75, 3.05) is 6.54 Å². The average molecular weight is 292 g/mol. The lowest BCUT2D eigenvalue weighted by molar-refractivity contribution is 0.246. The molecule has 1 aromatic rings. The summed E-state index contributed by atoms with van der Waals surface area (Å²) in [6, 6.07) is 8.96. The molecule has 1 aromatic carbocycles. The van der Waals surface area contributed by atoms with Gasteiger partial charge in [0.05, 0.1) is 17.4 Å². The summed E-state index contributed by atoms with van der Waals surface area (Å²) in [5.41, 5.74) is 1.29. The molecule has 4 nitrogen and oxygen atoms in total. The Morgan fingerprint density at radius 1 is 1.30 bits per heavy atom. The number of rotatable bonds is 4. The first-order valence-corrected chi connectivity index (χ1v) is 8.66. The van der Waals surface area contributed by atoms with Crippen LogP contribution < -0.4 is 0 Å². The maximum absolute atomic E-state index is 12.5. The van der Waals surface area contributed by atoms with E-state index in [2.05, 4.69) is 0 Å². The highest BCUT2D eigenvalue weighted by Crippen LogP contribution is 2.24. The third-order valence-corrected chi connectivity index (χ3v) is 5.73. The van der Waals surface area contributed by atoms with Crippen molar-refractivity contribution in [1.29, 1.82) is 5.26 Å². The van der Waals surface area contributed by atoms with Crippen molar-refractivity contribution >= 4 is 10.0 Å². The minimum absolute atomic E-state index is 0.0230. The third-order valence-electron chi connectivity index (χ3n) is 3.83. The molecule has 2 rings (SSSR count). The van der Waals surface area contributed by atoms with Crippen molar-refractivity contribution in [2.24, 2.45) is 0 Å². The van der Waals surface area contributed by atoms with Crippen LogP contribution in [-0.4, -0.2) is 25.3 Å². The minimum Gasteiger partial charge on any atom is -0.212 e. The lowest BCUT2D eigenvalue weighted by atomic mass is 10.0. The molecular weight excluding hydrogens is 272 g/mol. The Kier molecular flexibility index (Phi) is 4.79. The van der Waals surface area contributed by atoms with E-state index < -0.39 is 10.0 Å². The van der Waals surface area contributed by atoms with Gasteiger partial charge in [-0.2, -0.15) is 9.57 Å². The zero-order valence-corrected chi connectivity index (χ0v) is 12.6. The minimum atomic E-state index is -3.27. The van der Waals surface area contributed by atoms with Crippen LogP contribution >= 0.6 is 0 Å². The second-order valence-electron chi connectivity index (χ2n) is 5.23. The monoisotopic (exact) mass is 292 g/mol. The molecule has 1 fully saturated rings. The first-order chi connectivity index (χ1) is 9.56. The fourth-order valence-electron chi connectivity index (χ4n) is 2.72. The van der Waals surface area contributed by atoms with Crippen molar-refractivity contribution in [3.8, 4) is 6.07 Å². The molecule has 0 N–H and O–H groups in total. The summed E-state index contributed by atoms with van der Waals surface area (Å²) in [5, 5.41) is 8.76. The molecule has 0 saturated carbocycles. The van der Waals surface area contributed by atoms with Gasteiger partial charge in [0.2, 0.25) is 10.0 Å². The van der Waals surface area contributed by atoms with E-state index in [9.17, 15) is 8.42 Å². The molecule has 5 heteroatoms. The van der Waals surface area contributed by atoms with Gasteiger partial charge in [0.25, 0.3) is 0 Å². The van der Waals surface area contributed by atoms with Crippen LogP contribution in [0.1, 0.15) is 43.7 Å². The number of nitriles is 1. The van der Waals surface area contributed by atoms with Gasteiger partial charge in [-0.15, -0.1) is 0 Å². The van der Waals surface area contributed by atoms with Crippen LogP contribution in [0.2, 0.25) is 0 Å². The molecule has 0 spiro atoms. The second kappa shape index (κ2) is 6.38. The highest BCUT2D eigenvalue weighted by atomic mass is 32.2. The van der Waals surface area contributed by atoms with Gasteiger partial charge in [0.15, 0.2) is 0 Å². The summed E-state index contributed by atoms with van der Waals surface area (Å²) in [5.74, 6) is 0.0230. The lowest BCUT2D eigenvalue weighted by Gasteiger charge is -2.34. The molecular formula is C15H20N2O2S. The Balaban J connectivity index is 2.15. The third kappa shape index (κ3) is 3.38. The Morgan fingerprint density at radius 3 is 2.60 bits per heavy atom. The quantitative estimate of drug-likeness (QED) is 0.857. The molecule has 108 valence electrons. The molecule has 0 bridgehead atoms. The fourth-order valence-corrected chi connectivity index (χ4v) is 4.61. The van der Waals surface area contributed by atoms with Crippen LogP contribution in [0, 0.1) is 11.3 Å². The molecule has 1 atom stereocenters. The summed E-state index contributed by atoms with van der Waals surface area (Å²) in [4.78, 5) is 0. The topological polar surface area (TPSA) is 61.2 Å². The molecule has 1 unspecified atom stereocenters. The molecule has 0 aliphatic carbocycles. The van der Waals surface area contributed by atoms with E-state index in [0.717, 1.165) is 31.2 Å². The number of sulfonamides is 1. The van der Waals surface area contributed by atoms with E-state index in [1.807, 2.05) is 13.0 Å². The molecule has 1 aliphatic heterocycles. The first-order valence-electron chi connectivity index (χ1n) is 7.05. The van der Waals surface area contributed by atoms with Crippen molar-refractivity contribution in [3.05, 3.63) is 35.4 Å². The van der Waals surface area contributed by atoms with Crippen molar-refractivity contribution in [3.63, 3.8) is 0 Å². The maximum atomic E-state index is 12.5. The summed E-state index contributed by atoms with van der Waals surface area (Å²) in [6.45, 7) is 2.68. The van der Waals surface area contributed by atoms with Crippen molar-refractivity contribution < 1.29 is 8.42 Å². The molecule has 20 heavy (non-hydrogen) atoms. The summed E-state index contributed by atoms with van der Waals surface area (Å²) >= 11 is 0. The molecule has 0 radical (unpaired) electrons. The van der Waals surface area contributed by atoms with Gasteiger partial charge >= 0.3 is 0 Å². The number of hydrogen-bond donors (Lipinski definition) is 0. The summed E-state index contributed by atoms with van der Waals surface area (Å²) < 4.78 is 26.8.